The molecule has 0 aromatic carbocycles. The Morgan fingerprint density at radius 2 is 2.21 bits per heavy atom. The van der Waals surface area contributed by atoms with E-state index >= 15 is 0 Å². The van der Waals surface area contributed by atoms with E-state index in [1.807, 2.05) is 6.92 Å². The third kappa shape index (κ3) is 2.34. The fourth-order valence-corrected chi connectivity index (χ4v) is 1.45. The number of carboxylic acids is 1. The van der Waals surface area contributed by atoms with Crippen molar-refractivity contribution in [3.63, 3.8) is 0 Å². The molecule has 0 aliphatic heterocycles. The van der Waals surface area contributed by atoms with Crippen LogP contribution in [0.25, 0.3) is 0 Å². The standard InChI is InChI=1S/C10H16N2O2/c1-4-7-10(6(2)3)12-8(11-7)5-9(13)14/h6H,4-5H2,1-3H3,(H,11,12)(H,13,14). The van der Waals surface area contributed by atoms with Gasteiger partial charge in [0.25, 0.3) is 0 Å². The van der Waals surface area contributed by atoms with Crippen LogP contribution in [0.2, 0.25) is 0 Å². The molecule has 0 amide bonds. The molecule has 14 heavy (non-hydrogen) atoms. The van der Waals surface area contributed by atoms with E-state index < -0.39 is 5.97 Å². The minimum absolute atomic E-state index is 0.0281. The summed E-state index contributed by atoms with van der Waals surface area (Å²) in [6.07, 6.45) is 0.833. The van der Waals surface area contributed by atoms with E-state index in [9.17, 15) is 4.79 Å². The third-order valence-electron chi connectivity index (χ3n) is 2.08. The summed E-state index contributed by atoms with van der Waals surface area (Å²) in [6.45, 7) is 6.14. The number of H-pyrrole nitrogens is 1. The SMILES string of the molecule is CCc1[nH]c(CC(=O)O)nc1C(C)C. The van der Waals surface area contributed by atoms with Gasteiger partial charge in [0.1, 0.15) is 12.2 Å². The van der Waals surface area contributed by atoms with Crippen molar-refractivity contribution >= 4 is 5.97 Å². The van der Waals surface area contributed by atoms with Crippen LogP contribution in [0.15, 0.2) is 0 Å². The Kier molecular flexibility index (Phi) is 3.28. The highest BCUT2D eigenvalue weighted by Crippen LogP contribution is 2.17. The molecule has 0 atom stereocenters. The molecule has 0 aliphatic rings. The Bertz CT molecular complexity index is 329. The normalized spacial score (nSPS) is 10.9. The van der Waals surface area contributed by atoms with Crippen LogP contribution in [0.3, 0.4) is 0 Å². The molecule has 1 heterocycles. The van der Waals surface area contributed by atoms with E-state index in [1.54, 1.807) is 0 Å². The highest BCUT2D eigenvalue weighted by Gasteiger charge is 2.13. The summed E-state index contributed by atoms with van der Waals surface area (Å²) in [6, 6.07) is 0. The first-order valence-corrected chi connectivity index (χ1v) is 4.84. The zero-order chi connectivity index (χ0) is 10.7. The number of nitrogens with one attached hydrogen (secondary N) is 1. The van der Waals surface area contributed by atoms with Crippen LogP contribution in [0.4, 0.5) is 0 Å². The minimum Gasteiger partial charge on any atom is -0.481 e. The Hall–Kier alpha value is -1.32. The van der Waals surface area contributed by atoms with Gasteiger partial charge in [-0.2, -0.15) is 0 Å². The summed E-state index contributed by atoms with van der Waals surface area (Å²) in [7, 11) is 0. The van der Waals surface area contributed by atoms with Gasteiger partial charge in [-0.25, -0.2) is 4.98 Å². The Morgan fingerprint density at radius 3 is 2.57 bits per heavy atom. The van der Waals surface area contributed by atoms with E-state index in [0.717, 1.165) is 17.8 Å². The van der Waals surface area contributed by atoms with Crippen molar-refractivity contribution in [3.8, 4) is 0 Å². The first-order chi connectivity index (χ1) is 6.54. The second-order valence-electron chi connectivity index (χ2n) is 3.63. The maximum atomic E-state index is 10.5. The van der Waals surface area contributed by atoms with E-state index in [2.05, 4.69) is 23.8 Å². The van der Waals surface area contributed by atoms with Crippen molar-refractivity contribution in [1.82, 2.24) is 9.97 Å². The lowest BCUT2D eigenvalue weighted by Crippen LogP contribution is -2.01. The van der Waals surface area contributed by atoms with E-state index in [0.29, 0.717) is 11.7 Å². The van der Waals surface area contributed by atoms with Gasteiger partial charge in [0, 0.05) is 5.69 Å². The van der Waals surface area contributed by atoms with Crippen LogP contribution in [-0.4, -0.2) is 21.0 Å². The molecule has 4 heteroatoms. The van der Waals surface area contributed by atoms with Crippen LogP contribution in [0, 0.1) is 0 Å². The summed E-state index contributed by atoms with van der Waals surface area (Å²) in [4.78, 5) is 17.8. The number of carboxylic acid groups (broad SMARTS) is 1. The van der Waals surface area contributed by atoms with Crippen LogP contribution in [-0.2, 0) is 17.6 Å². The van der Waals surface area contributed by atoms with Crippen molar-refractivity contribution in [2.24, 2.45) is 0 Å². The zero-order valence-electron chi connectivity index (χ0n) is 8.79. The number of imidazole rings is 1. The molecule has 4 nitrogen and oxygen atoms in total. The predicted octanol–water partition coefficient (Wildman–Crippen LogP) is 1.72. The van der Waals surface area contributed by atoms with Crippen molar-refractivity contribution in [2.75, 3.05) is 0 Å². The number of aliphatic carboxylic acids is 1. The van der Waals surface area contributed by atoms with Gasteiger partial charge in [0.15, 0.2) is 0 Å². The molecule has 0 bridgehead atoms. The maximum Gasteiger partial charge on any atom is 0.311 e. The Morgan fingerprint density at radius 1 is 1.57 bits per heavy atom. The van der Waals surface area contributed by atoms with Gasteiger partial charge in [-0.15, -0.1) is 0 Å². The highest BCUT2D eigenvalue weighted by molar-refractivity contribution is 5.69. The number of aromatic nitrogens is 2. The van der Waals surface area contributed by atoms with Crippen LogP contribution in [0.5, 0.6) is 0 Å². The molecule has 78 valence electrons. The summed E-state index contributed by atoms with van der Waals surface area (Å²) < 4.78 is 0. The second-order valence-corrected chi connectivity index (χ2v) is 3.63. The molecule has 0 spiro atoms. The summed E-state index contributed by atoms with van der Waals surface area (Å²) >= 11 is 0. The van der Waals surface area contributed by atoms with Crippen molar-refractivity contribution in [2.45, 2.75) is 39.5 Å². The largest absolute Gasteiger partial charge is 0.481 e. The smallest absolute Gasteiger partial charge is 0.311 e. The lowest BCUT2D eigenvalue weighted by Gasteiger charge is -2.01. The van der Waals surface area contributed by atoms with Gasteiger partial charge in [-0.1, -0.05) is 20.8 Å². The van der Waals surface area contributed by atoms with E-state index in [-0.39, 0.29) is 6.42 Å². The van der Waals surface area contributed by atoms with E-state index in [1.165, 1.54) is 0 Å². The summed E-state index contributed by atoms with van der Waals surface area (Å²) in [5, 5.41) is 8.62. The van der Waals surface area contributed by atoms with Gasteiger partial charge in [-0.05, 0) is 12.3 Å². The summed E-state index contributed by atoms with van der Waals surface area (Å²) in [5.41, 5.74) is 2.04. The third-order valence-corrected chi connectivity index (χ3v) is 2.08. The topological polar surface area (TPSA) is 66.0 Å². The molecule has 2 N–H and O–H groups in total. The molecule has 0 fully saturated rings. The quantitative estimate of drug-likeness (QED) is 0.770. The van der Waals surface area contributed by atoms with Gasteiger partial charge in [0.2, 0.25) is 0 Å². The molecular weight excluding hydrogens is 180 g/mol. The minimum atomic E-state index is -0.850. The molecule has 1 rings (SSSR count). The first kappa shape index (κ1) is 10.8. The molecule has 0 radical (unpaired) electrons. The molecule has 0 saturated heterocycles. The van der Waals surface area contributed by atoms with Gasteiger partial charge >= 0.3 is 5.97 Å². The van der Waals surface area contributed by atoms with Crippen molar-refractivity contribution in [3.05, 3.63) is 17.2 Å². The molecule has 1 aromatic rings. The number of hydrogen-bond donors (Lipinski definition) is 2. The lowest BCUT2D eigenvalue weighted by molar-refractivity contribution is -0.136. The predicted molar refractivity (Wildman–Crippen MR) is 53.4 cm³/mol. The Labute approximate surface area is 83.4 Å². The zero-order valence-corrected chi connectivity index (χ0v) is 8.79. The van der Waals surface area contributed by atoms with Crippen LogP contribution in [0.1, 0.15) is 43.9 Å². The second kappa shape index (κ2) is 4.26. The number of aryl methyl sites for hydroxylation is 1. The molecule has 0 unspecified atom stereocenters. The van der Waals surface area contributed by atoms with E-state index in [4.69, 9.17) is 5.11 Å². The van der Waals surface area contributed by atoms with Gasteiger partial charge in [0.05, 0.1) is 5.69 Å². The monoisotopic (exact) mass is 196 g/mol. The van der Waals surface area contributed by atoms with Gasteiger partial charge < -0.3 is 10.1 Å². The lowest BCUT2D eigenvalue weighted by atomic mass is 10.1. The number of nitrogens with zero attached hydrogens (tertiary/aromatic N) is 1. The van der Waals surface area contributed by atoms with Crippen molar-refractivity contribution in [1.29, 1.82) is 0 Å². The average molecular weight is 196 g/mol. The molecule has 1 aromatic heterocycles. The number of hydrogen-bond acceptors (Lipinski definition) is 2. The number of aromatic amines is 1. The average Bonchev–Trinajstić information content (AvgIpc) is 2.46. The molecule has 0 saturated carbocycles. The first-order valence-electron chi connectivity index (χ1n) is 4.84. The number of carbonyl (C=O) groups is 1. The molecular formula is C10H16N2O2. The van der Waals surface area contributed by atoms with Gasteiger partial charge in [-0.3, -0.25) is 4.79 Å². The highest BCUT2D eigenvalue weighted by atomic mass is 16.4. The van der Waals surface area contributed by atoms with Crippen LogP contribution < -0.4 is 0 Å². The fraction of sp³-hybridized carbons (Fsp3) is 0.600. The Balaban J connectivity index is 2.94. The fourth-order valence-electron chi connectivity index (χ4n) is 1.45. The number of rotatable bonds is 4. The van der Waals surface area contributed by atoms with Crippen molar-refractivity contribution < 1.29 is 9.90 Å². The maximum absolute atomic E-state index is 10.5. The van der Waals surface area contributed by atoms with Crippen LogP contribution >= 0.6 is 0 Å². The summed E-state index contributed by atoms with van der Waals surface area (Å²) in [5.74, 6) is 0.0403. The molecule has 0 aliphatic carbocycles.